The second kappa shape index (κ2) is 14.7. The molecule has 16 heteroatoms. The summed E-state index contributed by atoms with van der Waals surface area (Å²) in [5.41, 5.74) is 3.58. The Kier molecular flexibility index (Phi) is 10.4. The molecule has 0 radical (unpaired) electrons. The summed E-state index contributed by atoms with van der Waals surface area (Å²) in [6.07, 6.45) is 13.1. The number of halogens is 4. The Balaban J connectivity index is 1.15. The normalized spacial score (nSPS) is 29.8. The van der Waals surface area contributed by atoms with Gasteiger partial charge in [0.05, 0.1) is 11.5 Å². The second-order valence-electron chi connectivity index (χ2n) is 16.3. The Hall–Kier alpha value is -3.08. The molecule has 0 spiro atoms. The number of rotatable bonds is 8. The van der Waals surface area contributed by atoms with E-state index in [1.165, 1.54) is 12.0 Å². The summed E-state index contributed by atoms with van der Waals surface area (Å²) in [5.74, 6) is -17.5. The zero-order valence-electron chi connectivity index (χ0n) is 30.1. The minimum absolute atomic E-state index is 0.00108. The molecule has 1 saturated heterocycles. The van der Waals surface area contributed by atoms with E-state index in [9.17, 15) is 48.5 Å². The zero-order chi connectivity index (χ0) is 39.0. The molecule has 8 rings (SSSR count). The Morgan fingerprint density at radius 2 is 1.22 bits per heavy atom. The van der Waals surface area contributed by atoms with Gasteiger partial charge in [-0.05, 0) is 79.4 Å². The van der Waals surface area contributed by atoms with Crippen molar-refractivity contribution in [1.82, 2.24) is 0 Å². The first-order valence-electron chi connectivity index (χ1n) is 19.5. The van der Waals surface area contributed by atoms with Crippen LogP contribution < -0.4 is 4.74 Å². The Labute approximate surface area is 317 Å². The van der Waals surface area contributed by atoms with E-state index >= 15 is 0 Å². The first kappa shape index (κ1) is 38.8. The predicted octanol–water partition coefficient (Wildman–Crippen LogP) is 7.78. The summed E-state index contributed by atoms with van der Waals surface area (Å²) in [5, 5.41) is -1.57. The van der Waals surface area contributed by atoms with Gasteiger partial charge in [-0.3, -0.25) is 8.98 Å². The van der Waals surface area contributed by atoms with Crippen molar-refractivity contribution in [3.63, 3.8) is 0 Å². The lowest BCUT2D eigenvalue weighted by atomic mass is 9.73. The highest BCUT2D eigenvalue weighted by atomic mass is 32.2. The van der Waals surface area contributed by atoms with Crippen LogP contribution in [0.25, 0.3) is 0 Å². The molecule has 300 valence electrons. The van der Waals surface area contributed by atoms with Crippen molar-refractivity contribution in [2.75, 3.05) is 0 Å². The van der Waals surface area contributed by atoms with Crippen LogP contribution in [0.15, 0.2) is 17.0 Å². The van der Waals surface area contributed by atoms with Crippen LogP contribution in [0.4, 0.5) is 17.6 Å². The van der Waals surface area contributed by atoms with Crippen molar-refractivity contribution in [1.29, 1.82) is 0 Å². The van der Waals surface area contributed by atoms with Crippen molar-refractivity contribution in [2.45, 2.75) is 143 Å². The number of carbonyl (C=O) groups excluding carboxylic acids is 2. The molecule has 55 heavy (non-hydrogen) atoms. The fourth-order valence-corrected chi connectivity index (χ4v) is 13.5. The highest BCUT2D eigenvalue weighted by Gasteiger charge is 2.72. The summed E-state index contributed by atoms with van der Waals surface area (Å²) < 4.78 is 136. The fourth-order valence-electron chi connectivity index (χ4n) is 10.8. The first-order chi connectivity index (χ1) is 26.2. The summed E-state index contributed by atoms with van der Waals surface area (Å²) in [6, 6.07) is 4.38. The van der Waals surface area contributed by atoms with Crippen LogP contribution in [0.3, 0.4) is 0 Å². The molecule has 10 nitrogen and oxygen atoms in total. The molecule has 0 N–H and O–H groups in total. The molecule has 6 unspecified atom stereocenters. The van der Waals surface area contributed by atoms with Crippen LogP contribution in [-0.2, 0) is 34.0 Å². The molecule has 2 bridgehead atoms. The van der Waals surface area contributed by atoms with Gasteiger partial charge in [-0.25, -0.2) is 22.0 Å². The molecule has 0 amide bonds. The zero-order valence-corrected chi connectivity index (χ0v) is 31.7. The minimum Gasteiger partial charge on any atom is -0.744 e. The average Bonchev–Trinajstić information content (AvgIpc) is 3.79. The SMILES string of the molecule is O=C(OC1C2CC3C1OS(=O)(=O)C3C2C(=O)Oc1c(F)c(F)c(S(=O)(=O)[O-])c(F)c1F)c1c(C2CCCCC2)cc(C2CCCCC2)cc1C1CCCCC1. The first-order valence-corrected chi connectivity index (χ1v) is 22.4. The Morgan fingerprint density at radius 3 is 1.71 bits per heavy atom. The number of fused-ring (bicyclic) bond motifs is 1. The third-order valence-electron chi connectivity index (χ3n) is 13.3. The Morgan fingerprint density at radius 1 is 0.727 bits per heavy atom. The highest BCUT2D eigenvalue weighted by molar-refractivity contribution is 7.87. The molecule has 6 fully saturated rings. The van der Waals surface area contributed by atoms with E-state index in [4.69, 9.17) is 13.7 Å². The molecule has 5 saturated carbocycles. The molecule has 6 atom stereocenters. The summed E-state index contributed by atoms with van der Waals surface area (Å²) >= 11 is 0. The smallest absolute Gasteiger partial charge is 0.339 e. The highest BCUT2D eigenvalue weighted by Crippen LogP contribution is 2.59. The number of benzene rings is 2. The molecule has 5 aliphatic carbocycles. The van der Waals surface area contributed by atoms with Gasteiger partial charge in [-0.15, -0.1) is 0 Å². The van der Waals surface area contributed by atoms with Gasteiger partial charge < -0.3 is 14.0 Å². The van der Waals surface area contributed by atoms with Gasteiger partial charge >= 0.3 is 11.9 Å². The third-order valence-corrected chi connectivity index (χ3v) is 15.9. The van der Waals surface area contributed by atoms with E-state index in [1.807, 2.05) is 0 Å². The Bertz CT molecular complexity index is 2040. The van der Waals surface area contributed by atoms with Crippen LogP contribution in [0.5, 0.6) is 5.75 Å². The van der Waals surface area contributed by atoms with E-state index in [2.05, 4.69) is 12.1 Å². The lowest BCUT2D eigenvalue weighted by Crippen LogP contribution is -2.46. The van der Waals surface area contributed by atoms with E-state index in [1.54, 1.807) is 0 Å². The number of esters is 2. The molecule has 2 aromatic rings. The maximum atomic E-state index is 14.9. The molecule has 6 aliphatic rings. The van der Waals surface area contributed by atoms with Crippen molar-refractivity contribution in [3.8, 4) is 5.75 Å². The van der Waals surface area contributed by atoms with Crippen LogP contribution in [0.2, 0.25) is 0 Å². The van der Waals surface area contributed by atoms with Gasteiger partial charge in [0.2, 0.25) is 17.4 Å². The molecule has 1 aliphatic heterocycles. The van der Waals surface area contributed by atoms with Crippen LogP contribution in [0.1, 0.15) is 148 Å². The van der Waals surface area contributed by atoms with Crippen molar-refractivity contribution in [3.05, 3.63) is 57.7 Å². The molecule has 1 heterocycles. The fraction of sp³-hybridized carbons (Fsp3) is 0.641. The van der Waals surface area contributed by atoms with Crippen molar-refractivity contribution < 1.29 is 62.2 Å². The van der Waals surface area contributed by atoms with E-state index in [0.717, 1.165) is 101 Å². The molecule has 2 aromatic carbocycles. The van der Waals surface area contributed by atoms with Crippen LogP contribution >= 0.6 is 0 Å². The van der Waals surface area contributed by atoms with Gasteiger partial charge in [-0.2, -0.15) is 17.2 Å². The van der Waals surface area contributed by atoms with Crippen LogP contribution in [0, 0.1) is 41.0 Å². The maximum Gasteiger partial charge on any atom is 0.339 e. The van der Waals surface area contributed by atoms with Gasteiger partial charge in [0.25, 0.3) is 10.1 Å². The summed E-state index contributed by atoms with van der Waals surface area (Å²) in [4.78, 5) is 26.0. The third kappa shape index (κ3) is 6.79. The monoisotopic (exact) mass is 811 g/mol. The number of hydrogen-bond donors (Lipinski definition) is 0. The van der Waals surface area contributed by atoms with Crippen molar-refractivity contribution >= 4 is 32.2 Å². The van der Waals surface area contributed by atoms with Gasteiger partial charge in [0.15, 0.2) is 11.6 Å². The molecular formula is C39H43F4O10S2-. The minimum atomic E-state index is -6.04. The van der Waals surface area contributed by atoms with Crippen LogP contribution in [-0.4, -0.2) is 50.8 Å². The van der Waals surface area contributed by atoms with Crippen molar-refractivity contribution in [2.24, 2.45) is 17.8 Å². The topological polar surface area (TPSA) is 153 Å². The molecular weight excluding hydrogens is 769 g/mol. The lowest BCUT2D eigenvalue weighted by molar-refractivity contribution is -0.143. The quantitative estimate of drug-likeness (QED) is 0.0645. The molecule has 0 aromatic heterocycles. The largest absolute Gasteiger partial charge is 0.744 e. The summed E-state index contributed by atoms with van der Waals surface area (Å²) in [7, 11) is -10.6. The number of hydrogen-bond acceptors (Lipinski definition) is 10. The standard InChI is InChI=1S/C39H44F4O10S2/c40-29-31(42)37(54(46,47)48)32(43)30(41)35(29)52-39(45)28-25-18-26-34(53-55(49,50)36(26)28)33(25)51-38(44)27-23(20-12-6-2-7-13-20)16-22(19-10-4-1-5-11-19)17-24(27)21-14-8-3-9-15-21/h16-17,19-21,25-26,28,33-34,36H,1-15,18H2,(H,46,47,48)/p-1. The van der Waals surface area contributed by atoms with E-state index in [0.29, 0.717) is 11.5 Å². The number of ether oxygens (including phenoxy) is 2. The van der Waals surface area contributed by atoms with Gasteiger partial charge in [0, 0.05) is 11.8 Å². The average molecular weight is 812 g/mol. The maximum absolute atomic E-state index is 14.9. The van der Waals surface area contributed by atoms with Gasteiger partial charge in [0.1, 0.15) is 32.5 Å². The van der Waals surface area contributed by atoms with E-state index in [-0.39, 0.29) is 18.3 Å². The predicted molar refractivity (Wildman–Crippen MR) is 186 cm³/mol. The lowest BCUT2D eigenvalue weighted by Gasteiger charge is -2.34. The second-order valence-corrected chi connectivity index (χ2v) is 19.4. The summed E-state index contributed by atoms with van der Waals surface area (Å²) in [6.45, 7) is 0. The number of carbonyl (C=O) groups is 2. The van der Waals surface area contributed by atoms with E-state index < -0.39 is 101 Å². The van der Waals surface area contributed by atoms with Gasteiger partial charge in [-0.1, -0.05) is 69.9 Å².